The summed E-state index contributed by atoms with van der Waals surface area (Å²) < 4.78 is 32.5. The number of methoxy groups -OCH3 is 1. The van der Waals surface area contributed by atoms with Gasteiger partial charge in [-0.25, -0.2) is 13.4 Å². The monoisotopic (exact) mass is 435 g/mol. The number of rotatable bonds is 5. The molecule has 1 atom stereocenters. The predicted octanol–water partition coefficient (Wildman–Crippen LogP) is 3.07. The summed E-state index contributed by atoms with van der Waals surface area (Å²) in [6.45, 7) is 0.606. The quantitative estimate of drug-likeness (QED) is 0.780. The number of aryl methyl sites for hydroxylation is 2. The summed E-state index contributed by atoms with van der Waals surface area (Å²) >= 11 is 1.55. The fraction of sp³-hybridized carbons (Fsp3) is 0.500. The van der Waals surface area contributed by atoms with Crippen LogP contribution in [0.2, 0.25) is 0 Å². The van der Waals surface area contributed by atoms with Crippen LogP contribution in [0.5, 0.6) is 5.75 Å². The maximum atomic E-state index is 13.0. The Kier molecular flexibility index (Phi) is 5.89. The normalized spacial score (nSPS) is 20.1. The summed E-state index contributed by atoms with van der Waals surface area (Å²) in [6.07, 6.45) is 5.64. The van der Waals surface area contributed by atoms with Gasteiger partial charge >= 0.3 is 0 Å². The maximum absolute atomic E-state index is 13.0. The fourth-order valence-electron chi connectivity index (χ4n) is 3.88. The Morgan fingerprint density at radius 3 is 2.69 bits per heavy atom. The van der Waals surface area contributed by atoms with Gasteiger partial charge in [0.05, 0.1) is 23.6 Å². The van der Waals surface area contributed by atoms with Gasteiger partial charge in [-0.1, -0.05) is 0 Å². The summed E-state index contributed by atoms with van der Waals surface area (Å²) in [7, 11) is -2.11. The summed E-state index contributed by atoms with van der Waals surface area (Å²) in [5.74, 6) is 0.0782. The number of piperidine rings is 1. The Morgan fingerprint density at radius 2 is 1.97 bits per heavy atom. The largest absolute Gasteiger partial charge is 0.497 e. The highest BCUT2D eigenvalue weighted by Gasteiger charge is 2.33. The molecule has 9 heteroatoms. The van der Waals surface area contributed by atoms with Crippen LogP contribution in [0.4, 0.5) is 5.13 Å². The van der Waals surface area contributed by atoms with Crippen LogP contribution in [0.1, 0.15) is 36.3 Å². The van der Waals surface area contributed by atoms with Crippen LogP contribution >= 0.6 is 11.3 Å². The van der Waals surface area contributed by atoms with E-state index >= 15 is 0 Å². The third-order valence-corrected chi connectivity index (χ3v) is 8.48. The first kappa shape index (κ1) is 20.3. The Labute approximate surface area is 175 Å². The molecule has 29 heavy (non-hydrogen) atoms. The lowest BCUT2D eigenvalue weighted by Gasteiger charge is -2.31. The zero-order chi connectivity index (χ0) is 20.4. The first-order valence-corrected chi connectivity index (χ1v) is 12.2. The van der Waals surface area contributed by atoms with Gasteiger partial charge < -0.3 is 10.1 Å². The molecule has 4 rings (SSSR count). The van der Waals surface area contributed by atoms with Crippen molar-refractivity contribution < 1.29 is 17.9 Å². The van der Waals surface area contributed by atoms with Crippen molar-refractivity contribution in [1.82, 2.24) is 9.29 Å². The van der Waals surface area contributed by atoms with Crippen molar-refractivity contribution in [2.75, 3.05) is 25.5 Å². The molecule has 1 aromatic heterocycles. The Balaban J connectivity index is 1.44. The van der Waals surface area contributed by atoms with Gasteiger partial charge in [0.1, 0.15) is 5.75 Å². The molecule has 2 aromatic rings. The van der Waals surface area contributed by atoms with Crippen molar-refractivity contribution >= 4 is 32.4 Å². The van der Waals surface area contributed by atoms with E-state index in [2.05, 4.69) is 10.3 Å². The number of fused-ring (bicyclic) bond motifs is 1. The molecule has 0 radical (unpaired) electrons. The number of hydrogen-bond acceptors (Lipinski definition) is 6. The Bertz CT molecular complexity index is 962. The molecular weight excluding hydrogens is 410 g/mol. The van der Waals surface area contributed by atoms with Crippen molar-refractivity contribution in [3.05, 3.63) is 34.8 Å². The molecule has 0 saturated carbocycles. The number of nitrogens with one attached hydrogen (secondary N) is 1. The molecule has 1 unspecified atom stereocenters. The maximum Gasteiger partial charge on any atom is 0.243 e. The third-order valence-electron chi connectivity index (χ3n) is 5.53. The lowest BCUT2D eigenvalue weighted by atomic mass is 9.99. The standard InChI is InChI=1S/C20H25N3O4S2/c1-27-15-8-10-16(11-9-15)29(25,26)23-12-4-5-14(13-23)19(24)22-20-21-17-6-2-3-7-18(17)28-20/h8-11,14H,2-7,12-13H2,1H3,(H,21,22,24). The SMILES string of the molecule is COc1ccc(S(=O)(=O)N2CCCC(C(=O)Nc3nc4c(s3)CCCC4)C2)cc1. The number of benzene rings is 1. The molecule has 7 nitrogen and oxygen atoms in total. The van der Waals surface area contributed by atoms with Gasteiger partial charge in [-0.15, -0.1) is 11.3 Å². The van der Waals surface area contributed by atoms with Gasteiger partial charge in [0.25, 0.3) is 0 Å². The van der Waals surface area contributed by atoms with E-state index in [9.17, 15) is 13.2 Å². The lowest BCUT2D eigenvalue weighted by molar-refractivity contribution is -0.120. The van der Waals surface area contributed by atoms with E-state index in [1.54, 1.807) is 23.5 Å². The molecule has 1 N–H and O–H groups in total. The number of aromatic nitrogens is 1. The summed E-state index contributed by atoms with van der Waals surface area (Å²) in [5.41, 5.74) is 1.10. The number of anilines is 1. The fourth-order valence-corrected chi connectivity index (χ4v) is 6.46. The van der Waals surface area contributed by atoms with Crippen LogP contribution in [-0.4, -0.2) is 43.8 Å². The zero-order valence-corrected chi connectivity index (χ0v) is 18.0. The first-order valence-electron chi connectivity index (χ1n) is 9.91. The lowest BCUT2D eigenvalue weighted by Crippen LogP contribution is -2.43. The van der Waals surface area contributed by atoms with E-state index in [4.69, 9.17) is 4.74 Å². The second-order valence-electron chi connectivity index (χ2n) is 7.46. The van der Waals surface area contributed by atoms with Gasteiger partial charge in [-0.2, -0.15) is 4.31 Å². The van der Waals surface area contributed by atoms with E-state index in [1.165, 1.54) is 34.8 Å². The average Bonchev–Trinajstić information content (AvgIpc) is 3.16. The van der Waals surface area contributed by atoms with Crippen LogP contribution in [0, 0.1) is 5.92 Å². The first-order chi connectivity index (χ1) is 14.0. The number of sulfonamides is 1. The Morgan fingerprint density at radius 1 is 1.21 bits per heavy atom. The topological polar surface area (TPSA) is 88.6 Å². The van der Waals surface area contributed by atoms with Crippen LogP contribution in [0.15, 0.2) is 29.2 Å². The van der Waals surface area contributed by atoms with E-state index in [0.717, 1.165) is 25.0 Å². The van der Waals surface area contributed by atoms with Gasteiger partial charge in [-0.3, -0.25) is 4.79 Å². The number of carbonyl (C=O) groups is 1. The van der Waals surface area contributed by atoms with Crippen LogP contribution < -0.4 is 10.1 Å². The average molecular weight is 436 g/mol. The number of nitrogens with zero attached hydrogens (tertiary/aromatic N) is 2. The summed E-state index contributed by atoms with van der Waals surface area (Å²) in [6, 6.07) is 6.34. The van der Waals surface area contributed by atoms with E-state index in [-0.39, 0.29) is 23.3 Å². The molecule has 2 heterocycles. The van der Waals surface area contributed by atoms with Crippen molar-refractivity contribution in [3.8, 4) is 5.75 Å². The minimum atomic E-state index is -3.64. The number of carbonyl (C=O) groups excluding carboxylic acids is 1. The predicted molar refractivity (Wildman–Crippen MR) is 112 cm³/mol. The van der Waals surface area contributed by atoms with Crippen molar-refractivity contribution in [3.63, 3.8) is 0 Å². The van der Waals surface area contributed by atoms with Gasteiger partial charge in [0.15, 0.2) is 5.13 Å². The molecule has 1 saturated heterocycles. The molecule has 1 fully saturated rings. The zero-order valence-electron chi connectivity index (χ0n) is 16.4. The van der Waals surface area contributed by atoms with E-state index in [1.807, 2.05) is 0 Å². The minimum Gasteiger partial charge on any atom is -0.497 e. The highest BCUT2D eigenvalue weighted by Crippen LogP contribution is 2.31. The van der Waals surface area contributed by atoms with E-state index in [0.29, 0.717) is 30.3 Å². The number of hydrogen-bond donors (Lipinski definition) is 1. The molecule has 1 aliphatic heterocycles. The molecule has 1 amide bonds. The number of thiazole rings is 1. The summed E-state index contributed by atoms with van der Waals surface area (Å²) in [5, 5.41) is 3.56. The van der Waals surface area contributed by atoms with Crippen molar-refractivity contribution in [2.24, 2.45) is 5.92 Å². The molecule has 0 bridgehead atoms. The van der Waals surface area contributed by atoms with E-state index < -0.39 is 10.0 Å². The van der Waals surface area contributed by atoms with Gasteiger partial charge in [0.2, 0.25) is 15.9 Å². The molecule has 1 aliphatic carbocycles. The third kappa shape index (κ3) is 4.31. The van der Waals surface area contributed by atoms with Crippen molar-refractivity contribution in [1.29, 1.82) is 0 Å². The molecule has 1 aromatic carbocycles. The number of ether oxygens (including phenoxy) is 1. The van der Waals surface area contributed by atoms with Crippen LogP contribution in [0.25, 0.3) is 0 Å². The molecule has 0 spiro atoms. The molecular formula is C20H25N3O4S2. The molecule has 156 valence electrons. The molecule has 2 aliphatic rings. The summed E-state index contributed by atoms with van der Waals surface area (Å²) in [4.78, 5) is 18.8. The van der Waals surface area contributed by atoms with Crippen LogP contribution in [-0.2, 0) is 27.7 Å². The smallest absolute Gasteiger partial charge is 0.243 e. The second-order valence-corrected chi connectivity index (χ2v) is 10.5. The van der Waals surface area contributed by atoms with Gasteiger partial charge in [-0.05, 0) is 62.8 Å². The van der Waals surface area contributed by atoms with Gasteiger partial charge in [0, 0.05) is 18.0 Å². The highest BCUT2D eigenvalue weighted by atomic mass is 32.2. The minimum absolute atomic E-state index is 0.147. The van der Waals surface area contributed by atoms with Crippen molar-refractivity contribution in [2.45, 2.75) is 43.4 Å². The highest BCUT2D eigenvalue weighted by molar-refractivity contribution is 7.89. The Hall–Kier alpha value is -1.97. The number of amides is 1. The van der Waals surface area contributed by atoms with Crippen LogP contribution in [0.3, 0.4) is 0 Å². The second kappa shape index (κ2) is 8.41.